The summed E-state index contributed by atoms with van der Waals surface area (Å²) in [5, 5.41) is 16.4. The van der Waals surface area contributed by atoms with E-state index < -0.39 is 72.0 Å². The maximum atomic E-state index is 12.9. The standard InChI is InChI=1S/C20H37N7O7/c1-10(2)16(19(32)26-13(20(33)34)9-15(24)29)27-18(31)12(5-3-4-8-21)25-17(30)11(22)6-7-14(23)28/h10-13,16H,3-9,21-22H2,1-2H3,(H2,23,28)(H2,24,29)(H,25,30)(H,26,32)(H,27,31)(H,33,34). The number of primary amides is 2. The normalized spacial score (nSPS) is 14.4. The van der Waals surface area contributed by atoms with Gasteiger partial charge in [-0.1, -0.05) is 13.8 Å². The van der Waals surface area contributed by atoms with E-state index in [0.29, 0.717) is 19.4 Å². The first-order valence-corrected chi connectivity index (χ1v) is 11.0. The molecule has 14 heteroatoms. The number of unbranched alkanes of at least 4 members (excludes halogenated alkanes) is 1. The molecular formula is C20H37N7O7. The van der Waals surface area contributed by atoms with Crippen LogP contribution in [0.5, 0.6) is 0 Å². The Morgan fingerprint density at radius 1 is 0.794 bits per heavy atom. The summed E-state index contributed by atoms with van der Waals surface area (Å²) in [7, 11) is 0. The van der Waals surface area contributed by atoms with E-state index >= 15 is 0 Å². The van der Waals surface area contributed by atoms with Gasteiger partial charge >= 0.3 is 5.97 Å². The van der Waals surface area contributed by atoms with Gasteiger partial charge in [0.25, 0.3) is 0 Å². The molecule has 14 nitrogen and oxygen atoms in total. The highest BCUT2D eigenvalue weighted by Crippen LogP contribution is 2.08. The molecule has 0 aliphatic heterocycles. The van der Waals surface area contributed by atoms with Crippen molar-refractivity contribution in [2.24, 2.45) is 28.9 Å². The van der Waals surface area contributed by atoms with Crippen LogP contribution in [0.15, 0.2) is 0 Å². The lowest BCUT2D eigenvalue weighted by atomic mass is 10.0. The molecule has 0 aliphatic carbocycles. The molecule has 0 fully saturated rings. The largest absolute Gasteiger partial charge is 0.480 e. The summed E-state index contributed by atoms with van der Waals surface area (Å²) in [4.78, 5) is 71.3. The lowest BCUT2D eigenvalue weighted by Gasteiger charge is -2.27. The lowest BCUT2D eigenvalue weighted by Crippen LogP contribution is -2.58. The maximum Gasteiger partial charge on any atom is 0.326 e. The van der Waals surface area contributed by atoms with Crippen molar-refractivity contribution in [3.05, 3.63) is 0 Å². The Hall–Kier alpha value is -3.26. The molecular weight excluding hydrogens is 450 g/mol. The molecule has 34 heavy (non-hydrogen) atoms. The molecule has 0 bridgehead atoms. The van der Waals surface area contributed by atoms with Gasteiger partial charge < -0.3 is 44.0 Å². The van der Waals surface area contributed by atoms with Crippen LogP contribution in [-0.4, -0.2) is 71.3 Å². The van der Waals surface area contributed by atoms with Crippen LogP contribution in [0.2, 0.25) is 0 Å². The number of nitrogens with one attached hydrogen (secondary N) is 3. The van der Waals surface area contributed by atoms with Crippen LogP contribution in [0.3, 0.4) is 0 Å². The fourth-order valence-corrected chi connectivity index (χ4v) is 2.92. The number of carbonyl (C=O) groups excluding carboxylic acids is 5. The van der Waals surface area contributed by atoms with Crippen molar-refractivity contribution >= 4 is 35.5 Å². The molecule has 5 amide bonds. The summed E-state index contributed by atoms with van der Waals surface area (Å²) in [6.07, 6.45) is 0.526. The molecule has 0 aromatic heterocycles. The molecule has 0 radical (unpaired) electrons. The van der Waals surface area contributed by atoms with Gasteiger partial charge in [0, 0.05) is 6.42 Å². The topological polar surface area (TPSA) is 263 Å². The fraction of sp³-hybridized carbons (Fsp3) is 0.700. The van der Waals surface area contributed by atoms with Gasteiger partial charge in [0.1, 0.15) is 18.1 Å². The van der Waals surface area contributed by atoms with Crippen LogP contribution in [0.1, 0.15) is 52.4 Å². The molecule has 0 spiro atoms. The van der Waals surface area contributed by atoms with Crippen molar-refractivity contribution in [3.8, 4) is 0 Å². The molecule has 0 aliphatic rings. The molecule has 0 aromatic carbocycles. The first-order valence-electron chi connectivity index (χ1n) is 11.0. The highest BCUT2D eigenvalue weighted by molar-refractivity contribution is 5.95. The maximum absolute atomic E-state index is 12.9. The van der Waals surface area contributed by atoms with E-state index in [-0.39, 0.29) is 19.3 Å². The van der Waals surface area contributed by atoms with Gasteiger partial charge in [-0.25, -0.2) is 4.79 Å². The number of rotatable bonds is 17. The molecule has 0 saturated carbocycles. The third-order valence-corrected chi connectivity index (χ3v) is 4.89. The predicted octanol–water partition coefficient (Wildman–Crippen LogP) is -3.22. The molecule has 4 atom stereocenters. The van der Waals surface area contributed by atoms with Gasteiger partial charge in [-0.3, -0.25) is 24.0 Å². The number of hydrogen-bond acceptors (Lipinski definition) is 8. The Kier molecular flexibility index (Phi) is 14.1. The molecule has 12 N–H and O–H groups in total. The SMILES string of the molecule is CC(C)C(NC(=O)C(CCCCN)NC(=O)C(N)CCC(N)=O)C(=O)NC(CC(N)=O)C(=O)O. The summed E-state index contributed by atoms with van der Waals surface area (Å²) in [5.41, 5.74) is 21.3. The third kappa shape index (κ3) is 12.1. The van der Waals surface area contributed by atoms with E-state index in [1.807, 2.05) is 0 Å². The highest BCUT2D eigenvalue weighted by Gasteiger charge is 2.32. The van der Waals surface area contributed by atoms with Crippen LogP contribution in [0.4, 0.5) is 0 Å². The van der Waals surface area contributed by atoms with Crippen LogP contribution >= 0.6 is 0 Å². The Labute approximate surface area is 197 Å². The van der Waals surface area contributed by atoms with Crippen LogP contribution < -0.4 is 38.9 Å². The van der Waals surface area contributed by atoms with E-state index in [1.54, 1.807) is 13.8 Å². The molecule has 4 unspecified atom stereocenters. The summed E-state index contributed by atoms with van der Waals surface area (Å²) < 4.78 is 0. The van der Waals surface area contributed by atoms with E-state index in [2.05, 4.69) is 16.0 Å². The van der Waals surface area contributed by atoms with E-state index in [1.165, 1.54) is 0 Å². The number of carbonyl (C=O) groups is 6. The van der Waals surface area contributed by atoms with Crippen molar-refractivity contribution in [1.82, 2.24) is 16.0 Å². The van der Waals surface area contributed by atoms with Gasteiger partial charge in [0.05, 0.1) is 12.5 Å². The number of aliphatic carboxylic acids is 1. The summed E-state index contributed by atoms with van der Waals surface area (Å²) in [6.45, 7) is 3.61. The highest BCUT2D eigenvalue weighted by atomic mass is 16.4. The summed E-state index contributed by atoms with van der Waals surface area (Å²) in [6, 6.07) is -4.87. The van der Waals surface area contributed by atoms with Crippen LogP contribution in [-0.2, 0) is 28.8 Å². The average Bonchev–Trinajstić information content (AvgIpc) is 2.73. The summed E-state index contributed by atoms with van der Waals surface area (Å²) >= 11 is 0. The number of hydrogen-bond donors (Lipinski definition) is 8. The van der Waals surface area contributed by atoms with Crippen molar-refractivity contribution in [3.63, 3.8) is 0 Å². The van der Waals surface area contributed by atoms with E-state index in [0.717, 1.165) is 0 Å². The second-order valence-electron chi connectivity index (χ2n) is 8.26. The van der Waals surface area contributed by atoms with Crippen molar-refractivity contribution in [2.45, 2.75) is 76.5 Å². The molecule has 0 rings (SSSR count). The molecule has 0 saturated heterocycles. The minimum absolute atomic E-state index is 0.00816. The van der Waals surface area contributed by atoms with Gasteiger partial charge in [-0.2, -0.15) is 0 Å². The second kappa shape index (κ2) is 15.6. The lowest BCUT2D eigenvalue weighted by molar-refractivity contribution is -0.144. The molecule has 194 valence electrons. The third-order valence-electron chi connectivity index (χ3n) is 4.89. The number of carboxylic acid groups (broad SMARTS) is 1. The van der Waals surface area contributed by atoms with E-state index in [4.69, 9.17) is 22.9 Å². The zero-order chi connectivity index (χ0) is 26.4. The second-order valence-corrected chi connectivity index (χ2v) is 8.26. The van der Waals surface area contributed by atoms with Gasteiger partial charge in [0.15, 0.2) is 0 Å². The van der Waals surface area contributed by atoms with E-state index in [9.17, 15) is 33.9 Å². The minimum Gasteiger partial charge on any atom is -0.480 e. The molecule has 0 aromatic rings. The first kappa shape index (κ1) is 30.7. The quantitative estimate of drug-likeness (QED) is 0.0957. The smallest absolute Gasteiger partial charge is 0.326 e. The Bertz CT molecular complexity index is 745. The number of amides is 5. The van der Waals surface area contributed by atoms with Gasteiger partial charge in [-0.15, -0.1) is 0 Å². The van der Waals surface area contributed by atoms with Crippen molar-refractivity contribution < 1.29 is 33.9 Å². The molecule has 0 heterocycles. The Morgan fingerprint density at radius 2 is 1.38 bits per heavy atom. The average molecular weight is 488 g/mol. The van der Waals surface area contributed by atoms with Crippen LogP contribution in [0.25, 0.3) is 0 Å². The Morgan fingerprint density at radius 3 is 1.85 bits per heavy atom. The summed E-state index contributed by atoms with van der Waals surface area (Å²) in [5.74, 6) is -5.67. The zero-order valence-electron chi connectivity index (χ0n) is 19.5. The monoisotopic (exact) mass is 487 g/mol. The number of nitrogens with two attached hydrogens (primary N) is 4. The van der Waals surface area contributed by atoms with Crippen LogP contribution in [0, 0.1) is 5.92 Å². The fourth-order valence-electron chi connectivity index (χ4n) is 2.92. The number of carboxylic acids is 1. The Balaban J connectivity index is 5.42. The van der Waals surface area contributed by atoms with Gasteiger partial charge in [-0.05, 0) is 38.1 Å². The van der Waals surface area contributed by atoms with Crippen molar-refractivity contribution in [2.75, 3.05) is 6.54 Å². The van der Waals surface area contributed by atoms with Crippen molar-refractivity contribution in [1.29, 1.82) is 0 Å². The minimum atomic E-state index is -1.56. The predicted molar refractivity (Wildman–Crippen MR) is 121 cm³/mol. The first-order chi connectivity index (χ1) is 15.8. The van der Waals surface area contributed by atoms with Gasteiger partial charge in [0.2, 0.25) is 29.5 Å². The zero-order valence-corrected chi connectivity index (χ0v) is 19.5.